The van der Waals surface area contributed by atoms with Gasteiger partial charge in [0, 0.05) is 19.9 Å². The molecular formula is C8H13N3O3. The first-order valence-electron chi connectivity index (χ1n) is 4.42. The van der Waals surface area contributed by atoms with Gasteiger partial charge >= 0.3 is 6.09 Å². The van der Waals surface area contributed by atoms with E-state index < -0.39 is 6.09 Å². The number of carbonyl (C=O) groups is 1. The summed E-state index contributed by atoms with van der Waals surface area (Å²) in [4.78, 5) is 10.8. The van der Waals surface area contributed by atoms with Gasteiger partial charge in [-0.25, -0.2) is 4.79 Å². The Labute approximate surface area is 81.6 Å². The molecule has 0 saturated carbocycles. The van der Waals surface area contributed by atoms with Gasteiger partial charge in [0.15, 0.2) is 0 Å². The van der Waals surface area contributed by atoms with Gasteiger partial charge in [-0.05, 0) is 6.92 Å². The molecule has 0 fully saturated rings. The van der Waals surface area contributed by atoms with Crippen molar-refractivity contribution in [3.8, 4) is 0 Å². The van der Waals surface area contributed by atoms with Crippen molar-refractivity contribution in [1.29, 1.82) is 0 Å². The Bertz CT molecular complexity index is 298. The van der Waals surface area contributed by atoms with Crippen LogP contribution in [0.25, 0.3) is 0 Å². The van der Waals surface area contributed by atoms with Crippen LogP contribution in [0.15, 0.2) is 4.42 Å². The van der Waals surface area contributed by atoms with Crippen LogP contribution in [0.5, 0.6) is 0 Å². The molecule has 78 valence electrons. The summed E-state index contributed by atoms with van der Waals surface area (Å²) in [5, 5.41) is 9.99. The molecule has 6 nitrogen and oxygen atoms in total. The van der Waals surface area contributed by atoms with Crippen LogP contribution in [0.1, 0.15) is 18.7 Å². The second-order valence-electron chi connectivity index (χ2n) is 2.61. The van der Waals surface area contributed by atoms with E-state index in [4.69, 9.17) is 4.42 Å². The maximum atomic E-state index is 10.8. The van der Waals surface area contributed by atoms with E-state index in [1.807, 2.05) is 0 Å². The summed E-state index contributed by atoms with van der Waals surface area (Å²) in [5.41, 5.74) is 0. The number of aryl methyl sites for hydroxylation is 1. The van der Waals surface area contributed by atoms with Crippen molar-refractivity contribution in [3.63, 3.8) is 0 Å². The first-order valence-corrected chi connectivity index (χ1v) is 4.42. The van der Waals surface area contributed by atoms with Crippen LogP contribution in [0.4, 0.5) is 4.79 Å². The third-order valence-corrected chi connectivity index (χ3v) is 1.45. The second kappa shape index (κ2) is 5.21. The highest BCUT2D eigenvalue weighted by Gasteiger charge is 2.03. The zero-order chi connectivity index (χ0) is 10.4. The SMILES string of the molecule is CCOC(=O)NCCc1nnc(C)o1. The van der Waals surface area contributed by atoms with E-state index in [0.29, 0.717) is 31.4 Å². The lowest BCUT2D eigenvalue weighted by molar-refractivity contribution is 0.152. The first-order chi connectivity index (χ1) is 6.72. The molecule has 1 heterocycles. The van der Waals surface area contributed by atoms with Crippen LogP contribution in [-0.4, -0.2) is 29.4 Å². The maximum Gasteiger partial charge on any atom is 0.407 e. The van der Waals surface area contributed by atoms with Crippen LogP contribution >= 0.6 is 0 Å². The van der Waals surface area contributed by atoms with Gasteiger partial charge in [-0.3, -0.25) is 0 Å². The number of hydrogen-bond acceptors (Lipinski definition) is 5. The van der Waals surface area contributed by atoms with Crippen molar-refractivity contribution in [2.75, 3.05) is 13.2 Å². The Morgan fingerprint density at radius 3 is 2.93 bits per heavy atom. The molecule has 0 saturated heterocycles. The number of ether oxygens (including phenoxy) is 1. The molecule has 1 aromatic rings. The molecule has 0 aliphatic carbocycles. The van der Waals surface area contributed by atoms with Gasteiger partial charge in [-0.15, -0.1) is 10.2 Å². The van der Waals surface area contributed by atoms with E-state index in [-0.39, 0.29) is 0 Å². The van der Waals surface area contributed by atoms with Crippen LogP contribution in [0, 0.1) is 6.92 Å². The fourth-order valence-corrected chi connectivity index (χ4v) is 0.892. The highest BCUT2D eigenvalue weighted by Crippen LogP contribution is 1.97. The highest BCUT2D eigenvalue weighted by atomic mass is 16.5. The molecule has 0 unspecified atom stereocenters. The summed E-state index contributed by atoms with van der Waals surface area (Å²) in [6, 6.07) is 0. The van der Waals surface area contributed by atoms with Gasteiger partial charge in [0.05, 0.1) is 6.61 Å². The predicted octanol–water partition coefficient (Wildman–Crippen LogP) is 0.667. The smallest absolute Gasteiger partial charge is 0.407 e. The quantitative estimate of drug-likeness (QED) is 0.771. The Morgan fingerprint density at radius 1 is 1.57 bits per heavy atom. The van der Waals surface area contributed by atoms with E-state index in [0.717, 1.165) is 0 Å². The summed E-state index contributed by atoms with van der Waals surface area (Å²) in [7, 11) is 0. The molecule has 0 aromatic carbocycles. The van der Waals surface area contributed by atoms with E-state index in [9.17, 15) is 4.79 Å². The summed E-state index contributed by atoms with van der Waals surface area (Å²) in [5.74, 6) is 1.04. The minimum atomic E-state index is -0.427. The van der Waals surface area contributed by atoms with E-state index in [2.05, 4.69) is 20.3 Å². The number of amides is 1. The number of hydrogen-bond donors (Lipinski definition) is 1. The molecule has 14 heavy (non-hydrogen) atoms. The summed E-state index contributed by atoms with van der Waals surface area (Å²) < 4.78 is 9.78. The van der Waals surface area contributed by atoms with Gasteiger partial charge in [0.1, 0.15) is 0 Å². The van der Waals surface area contributed by atoms with Gasteiger partial charge < -0.3 is 14.5 Å². The molecule has 0 bridgehead atoms. The molecule has 1 amide bonds. The zero-order valence-electron chi connectivity index (χ0n) is 8.24. The molecular weight excluding hydrogens is 186 g/mol. The molecule has 0 radical (unpaired) electrons. The predicted molar refractivity (Wildman–Crippen MR) is 47.8 cm³/mol. The highest BCUT2D eigenvalue weighted by molar-refractivity contribution is 5.66. The Morgan fingerprint density at radius 2 is 2.36 bits per heavy atom. The van der Waals surface area contributed by atoms with Crippen molar-refractivity contribution in [2.24, 2.45) is 0 Å². The lowest BCUT2D eigenvalue weighted by atomic mass is 10.4. The number of nitrogens with one attached hydrogen (secondary N) is 1. The van der Waals surface area contributed by atoms with Crippen LogP contribution in [0.2, 0.25) is 0 Å². The molecule has 1 N–H and O–H groups in total. The molecule has 0 aliphatic heterocycles. The molecule has 6 heteroatoms. The van der Waals surface area contributed by atoms with Crippen LogP contribution < -0.4 is 5.32 Å². The average Bonchev–Trinajstić information content (AvgIpc) is 2.52. The fourth-order valence-electron chi connectivity index (χ4n) is 0.892. The van der Waals surface area contributed by atoms with Crippen LogP contribution in [0.3, 0.4) is 0 Å². The van der Waals surface area contributed by atoms with E-state index in [1.54, 1.807) is 13.8 Å². The van der Waals surface area contributed by atoms with E-state index >= 15 is 0 Å². The normalized spacial score (nSPS) is 9.86. The lowest BCUT2D eigenvalue weighted by Gasteiger charge is -2.02. The third kappa shape index (κ3) is 3.42. The molecule has 1 rings (SSSR count). The number of nitrogens with zero attached hydrogens (tertiary/aromatic N) is 2. The summed E-state index contributed by atoms with van der Waals surface area (Å²) >= 11 is 0. The third-order valence-electron chi connectivity index (χ3n) is 1.45. The molecule has 0 atom stereocenters. The minimum Gasteiger partial charge on any atom is -0.450 e. The van der Waals surface area contributed by atoms with Crippen molar-refractivity contribution >= 4 is 6.09 Å². The van der Waals surface area contributed by atoms with Crippen molar-refractivity contribution in [3.05, 3.63) is 11.8 Å². The zero-order valence-corrected chi connectivity index (χ0v) is 8.24. The standard InChI is InChI=1S/C8H13N3O3/c1-3-13-8(12)9-5-4-7-11-10-6(2)14-7/h3-5H2,1-2H3,(H,9,12). The minimum absolute atomic E-state index is 0.367. The summed E-state index contributed by atoms with van der Waals surface area (Å²) in [6.07, 6.45) is 0.0865. The van der Waals surface area contributed by atoms with Crippen molar-refractivity contribution < 1.29 is 13.9 Å². The summed E-state index contributed by atoms with van der Waals surface area (Å²) in [6.45, 7) is 4.27. The molecule has 1 aromatic heterocycles. The van der Waals surface area contributed by atoms with Gasteiger partial charge in [0.25, 0.3) is 0 Å². The Kier molecular flexibility index (Phi) is 3.90. The van der Waals surface area contributed by atoms with Gasteiger partial charge in [-0.2, -0.15) is 0 Å². The first kappa shape index (κ1) is 10.5. The maximum absolute atomic E-state index is 10.8. The average molecular weight is 199 g/mol. The van der Waals surface area contributed by atoms with Gasteiger partial charge in [-0.1, -0.05) is 0 Å². The molecule has 0 spiro atoms. The van der Waals surface area contributed by atoms with Crippen molar-refractivity contribution in [2.45, 2.75) is 20.3 Å². The Hall–Kier alpha value is -1.59. The van der Waals surface area contributed by atoms with Gasteiger partial charge in [0.2, 0.25) is 11.8 Å². The number of carbonyl (C=O) groups excluding carboxylic acids is 1. The van der Waals surface area contributed by atoms with Crippen molar-refractivity contribution in [1.82, 2.24) is 15.5 Å². The monoisotopic (exact) mass is 199 g/mol. The lowest BCUT2D eigenvalue weighted by Crippen LogP contribution is -2.26. The number of alkyl carbamates (subject to hydrolysis) is 1. The molecule has 0 aliphatic rings. The fraction of sp³-hybridized carbons (Fsp3) is 0.625. The number of aromatic nitrogens is 2. The number of rotatable bonds is 4. The van der Waals surface area contributed by atoms with Crippen LogP contribution in [-0.2, 0) is 11.2 Å². The Balaban J connectivity index is 2.18. The second-order valence-corrected chi connectivity index (χ2v) is 2.61. The largest absolute Gasteiger partial charge is 0.450 e. The topological polar surface area (TPSA) is 77.2 Å². The van der Waals surface area contributed by atoms with E-state index in [1.165, 1.54) is 0 Å².